The fourth-order valence-electron chi connectivity index (χ4n) is 2.09. The van der Waals surface area contributed by atoms with Gasteiger partial charge in [0, 0.05) is 6.04 Å². The van der Waals surface area contributed by atoms with Crippen molar-refractivity contribution < 1.29 is 0 Å². The molecule has 1 aromatic rings. The third kappa shape index (κ3) is 5.98. The van der Waals surface area contributed by atoms with Crippen LogP contribution in [0.15, 0.2) is 18.2 Å². The van der Waals surface area contributed by atoms with Gasteiger partial charge in [-0.05, 0) is 31.5 Å². The first-order valence-corrected chi connectivity index (χ1v) is 7.51. The quantitative estimate of drug-likeness (QED) is 0.649. The van der Waals surface area contributed by atoms with Crippen LogP contribution >= 0.6 is 11.6 Å². The molecule has 19 heavy (non-hydrogen) atoms. The van der Waals surface area contributed by atoms with Crippen molar-refractivity contribution in [3.63, 3.8) is 0 Å². The predicted molar refractivity (Wildman–Crippen MR) is 82.6 cm³/mol. The monoisotopic (exact) mass is 278 g/mol. The van der Waals surface area contributed by atoms with Crippen molar-refractivity contribution in [2.45, 2.75) is 58.4 Å². The van der Waals surface area contributed by atoms with Gasteiger partial charge in [-0.25, -0.2) is 0 Å². The van der Waals surface area contributed by atoms with Crippen LogP contribution < -0.4 is 5.32 Å². The van der Waals surface area contributed by atoms with E-state index in [1.165, 1.54) is 32.1 Å². The molecule has 1 unspecified atom stereocenters. The third-order valence-corrected chi connectivity index (χ3v) is 3.55. The number of nitrogens with zero attached hydrogens (tertiary/aromatic N) is 1. The van der Waals surface area contributed by atoms with Crippen LogP contribution in [-0.2, 0) is 0 Å². The molecule has 0 saturated carbocycles. The van der Waals surface area contributed by atoms with Crippen LogP contribution in [0.1, 0.15) is 57.9 Å². The van der Waals surface area contributed by atoms with Gasteiger partial charge < -0.3 is 5.32 Å². The summed E-state index contributed by atoms with van der Waals surface area (Å²) in [5.74, 6) is 0. The van der Waals surface area contributed by atoms with Crippen molar-refractivity contribution in [3.05, 3.63) is 28.8 Å². The highest BCUT2D eigenvalue weighted by molar-refractivity contribution is 6.33. The largest absolute Gasteiger partial charge is 0.381 e. The predicted octanol–water partition coefficient (Wildman–Crippen LogP) is 5.37. The summed E-state index contributed by atoms with van der Waals surface area (Å²) in [5, 5.41) is 12.8. The summed E-state index contributed by atoms with van der Waals surface area (Å²) in [4.78, 5) is 0. The number of unbranched alkanes of at least 4 members (excludes halogenated alkanes) is 4. The summed E-state index contributed by atoms with van der Waals surface area (Å²) in [6, 6.07) is 7.88. The summed E-state index contributed by atoms with van der Waals surface area (Å²) < 4.78 is 0. The average molecular weight is 279 g/mol. The van der Waals surface area contributed by atoms with Gasteiger partial charge in [-0.1, -0.05) is 50.6 Å². The molecular weight excluding hydrogens is 256 g/mol. The standard InChI is InChI=1S/C16H23ClN2/c1-3-4-5-6-7-8-13(2)19-16-10-9-14(12-18)11-15(16)17/h9-11,13,19H,3-8H2,1-2H3. The molecular formula is C16H23ClN2. The maximum absolute atomic E-state index is 8.79. The zero-order valence-electron chi connectivity index (χ0n) is 11.9. The molecule has 1 N–H and O–H groups in total. The van der Waals surface area contributed by atoms with E-state index in [-0.39, 0.29) is 0 Å². The Morgan fingerprint density at radius 1 is 1.26 bits per heavy atom. The van der Waals surface area contributed by atoms with Gasteiger partial charge in [-0.15, -0.1) is 0 Å². The van der Waals surface area contributed by atoms with Gasteiger partial charge in [0.25, 0.3) is 0 Å². The van der Waals surface area contributed by atoms with Crippen LogP contribution in [0, 0.1) is 11.3 Å². The minimum atomic E-state index is 0.409. The molecule has 0 radical (unpaired) electrons. The second kappa shape index (κ2) is 8.82. The van der Waals surface area contributed by atoms with Crippen LogP contribution in [0.2, 0.25) is 5.02 Å². The molecule has 2 nitrogen and oxygen atoms in total. The second-order valence-corrected chi connectivity index (χ2v) is 5.46. The van der Waals surface area contributed by atoms with Gasteiger partial charge in [-0.2, -0.15) is 5.26 Å². The highest BCUT2D eigenvalue weighted by atomic mass is 35.5. The van der Waals surface area contributed by atoms with E-state index in [9.17, 15) is 0 Å². The molecule has 0 aliphatic rings. The Morgan fingerprint density at radius 3 is 2.63 bits per heavy atom. The molecule has 1 atom stereocenters. The number of rotatable bonds is 8. The van der Waals surface area contributed by atoms with Crippen molar-refractivity contribution in [2.75, 3.05) is 5.32 Å². The smallest absolute Gasteiger partial charge is 0.0992 e. The summed E-state index contributed by atoms with van der Waals surface area (Å²) in [5.41, 5.74) is 1.52. The summed E-state index contributed by atoms with van der Waals surface area (Å²) in [7, 11) is 0. The topological polar surface area (TPSA) is 35.8 Å². The minimum absolute atomic E-state index is 0.409. The summed E-state index contributed by atoms with van der Waals surface area (Å²) in [6.45, 7) is 4.41. The van der Waals surface area contributed by atoms with Gasteiger partial charge in [0.1, 0.15) is 0 Å². The lowest BCUT2D eigenvalue weighted by Crippen LogP contribution is -2.15. The van der Waals surface area contributed by atoms with Crippen molar-refractivity contribution in [1.82, 2.24) is 0 Å². The Balaban J connectivity index is 2.36. The average Bonchev–Trinajstić information content (AvgIpc) is 2.41. The van der Waals surface area contributed by atoms with E-state index in [4.69, 9.17) is 16.9 Å². The first-order chi connectivity index (χ1) is 9.17. The molecule has 0 aliphatic carbocycles. The maximum atomic E-state index is 8.79. The fraction of sp³-hybridized carbons (Fsp3) is 0.562. The number of anilines is 1. The summed E-state index contributed by atoms with van der Waals surface area (Å²) in [6.07, 6.45) is 7.67. The lowest BCUT2D eigenvalue weighted by molar-refractivity contribution is 0.578. The van der Waals surface area contributed by atoms with E-state index < -0.39 is 0 Å². The molecule has 0 fully saturated rings. The van der Waals surface area contributed by atoms with E-state index >= 15 is 0 Å². The van der Waals surface area contributed by atoms with Crippen molar-refractivity contribution in [3.8, 4) is 6.07 Å². The number of hydrogen-bond donors (Lipinski definition) is 1. The Morgan fingerprint density at radius 2 is 2.00 bits per heavy atom. The highest BCUT2D eigenvalue weighted by Gasteiger charge is 2.06. The van der Waals surface area contributed by atoms with E-state index in [0.717, 1.165) is 12.1 Å². The first kappa shape index (κ1) is 15.9. The van der Waals surface area contributed by atoms with Crippen molar-refractivity contribution in [1.29, 1.82) is 5.26 Å². The zero-order valence-corrected chi connectivity index (χ0v) is 12.6. The molecule has 0 bridgehead atoms. The Hall–Kier alpha value is -1.20. The van der Waals surface area contributed by atoms with Crippen LogP contribution in [0.3, 0.4) is 0 Å². The van der Waals surface area contributed by atoms with Crippen LogP contribution in [0.25, 0.3) is 0 Å². The number of nitrogens with one attached hydrogen (secondary N) is 1. The molecule has 0 aromatic heterocycles. The molecule has 0 heterocycles. The summed E-state index contributed by atoms with van der Waals surface area (Å²) >= 11 is 6.14. The van der Waals surface area contributed by atoms with Crippen LogP contribution in [0.5, 0.6) is 0 Å². The number of benzene rings is 1. The number of hydrogen-bond acceptors (Lipinski definition) is 2. The molecule has 0 saturated heterocycles. The highest BCUT2D eigenvalue weighted by Crippen LogP contribution is 2.24. The molecule has 0 spiro atoms. The Bertz CT molecular complexity index is 423. The molecule has 3 heteroatoms. The molecule has 1 aromatic carbocycles. The maximum Gasteiger partial charge on any atom is 0.0992 e. The molecule has 0 aliphatic heterocycles. The van der Waals surface area contributed by atoms with Gasteiger partial charge in [-0.3, -0.25) is 0 Å². The van der Waals surface area contributed by atoms with E-state index in [1.54, 1.807) is 12.1 Å². The van der Waals surface area contributed by atoms with Gasteiger partial charge in [0.2, 0.25) is 0 Å². The normalized spacial score (nSPS) is 11.9. The zero-order chi connectivity index (χ0) is 14.1. The van der Waals surface area contributed by atoms with E-state index in [1.807, 2.05) is 6.07 Å². The lowest BCUT2D eigenvalue weighted by Gasteiger charge is -2.16. The second-order valence-electron chi connectivity index (χ2n) is 5.05. The molecule has 0 amide bonds. The molecule has 1 rings (SSSR count). The van der Waals surface area contributed by atoms with E-state index in [2.05, 4.69) is 25.2 Å². The van der Waals surface area contributed by atoms with Crippen LogP contribution in [0.4, 0.5) is 5.69 Å². The SMILES string of the molecule is CCCCCCCC(C)Nc1ccc(C#N)cc1Cl. The Kier molecular flexibility index (Phi) is 7.36. The number of halogens is 1. The van der Waals surface area contributed by atoms with Gasteiger partial charge in [0.15, 0.2) is 0 Å². The van der Waals surface area contributed by atoms with Crippen molar-refractivity contribution >= 4 is 17.3 Å². The van der Waals surface area contributed by atoms with Gasteiger partial charge >= 0.3 is 0 Å². The molecule has 104 valence electrons. The first-order valence-electron chi connectivity index (χ1n) is 7.13. The van der Waals surface area contributed by atoms with E-state index in [0.29, 0.717) is 16.6 Å². The third-order valence-electron chi connectivity index (χ3n) is 3.24. The Labute approximate surface area is 121 Å². The lowest BCUT2D eigenvalue weighted by atomic mass is 10.1. The minimum Gasteiger partial charge on any atom is -0.381 e. The number of nitriles is 1. The van der Waals surface area contributed by atoms with Crippen LogP contribution in [-0.4, -0.2) is 6.04 Å². The van der Waals surface area contributed by atoms with Gasteiger partial charge in [0.05, 0.1) is 22.3 Å². The fourth-order valence-corrected chi connectivity index (χ4v) is 2.33. The van der Waals surface area contributed by atoms with Crippen molar-refractivity contribution in [2.24, 2.45) is 0 Å².